The highest BCUT2D eigenvalue weighted by Crippen LogP contribution is 2.15. The van der Waals surface area contributed by atoms with Crippen molar-refractivity contribution in [2.75, 3.05) is 46.5 Å². The lowest BCUT2D eigenvalue weighted by Gasteiger charge is -2.17. The molecule has 0 atom stereocenters. The van der Waals surface area contributed by atoms with E-state index >= 15 is 0 Å². The third-order valence-corrected chi connectivity index (χ3v) is 3.43. The van der Waals surface area contributed by atoms with Crippen LogP contribution in [0.5, 0.6) is 0 Å². The molecule has 0 unspecified atom stereocenters. The van der Waals surface area contributed by atoms with Gasteiger partial charge in [0, 0.05) is 18.7 Å². The molecule has 3 N–H and O–H groups in total. The molecule has 1 aromatic carbocycles. The molecule has 0 aliphatic rings. The van der Waals surface area contributed by atoms with Crippen LogP contribution in [0.15, 0.2) is 18.2 Å². The number of nitrogens with one attached hydrogen (secondary N) is 1. The number of benzene rings is 1. The van der Waals surface area contributed by atoms with Gasteiger partial charge in [-0.05, 0) is 58.9 Å². The minimum Gasteiger partial charge on any atom is -0.399 e. The van der Waals surface area contributed by atoms with Crippen LogP contribution in [0.3, 0.4) is 0 Å². The zero-order chi connectivity index (χ0) is 14.5. The second-order valence-corrected chi connectivity index (χ2v) is 5.67. The molecule has 2 rings (SSSR count). The fraction of sp³-hybridized carbons (Fsp3) is 0.533. The predicted molar refractivity (Wildman–Crippen MR) is 84.9 cm³/mol. The number of imidazole rings is 1. The second kappa shape index (κ2) is 6.72. The fourth-order valence-corrected chi connectivity index (χ4v) is 2.26. The summed E-state index contributed by atoms with van der Waals surface area (Å²) in [5.74, 6) is 1.03. The Hall–Kier alpha value is -1.59. The molecule has 5 nitrogen and oxygen atoms in total. The molecule has 0 fully saturated rings. The largest absolute Gasteiger partial charge is 0.399 e. The quantitative estimate of drug-likeness (QED) is 0.753. The lowest BCUT2D eigenvalue weighted by molar-refractivity contribution is 0.302. The highest BCUT2D eigenvalue weighted by Gasteiger charge is 2.05. The number of nitrogen functional groups attached to an aromatic ring is 1. The minimum absolute atomic E-state index is 0.772. The van der Waals surface area contributed by atoms with E-state index in [0.717, 1.165) is 48.6 Å². The molecule has 110 valence electrons. The molecule has 0 aliphatic carbocycles. The van der Waals surface area contributed by atoms with Crippen molar-refractivity contribution in [1.82, 2.24) is 19.8 Å². The molecular weight excluding hydrogens is 250 g/mol. The maximum absolute atomic E-state index is 5.77. The van der Waals surface area contributed by atoms with E-state index in [2.05, 4.69) is 40.9 Å². The third kappa shape index (κ3) is 4.21. The Kier molecular flexibility index (Phi) is 4.98. The van der Waals surface area contributed by atoms with Crippen molar-refractivity contribution in [2.45, 2.75) is 12.8 Å². The number of hydrogen-bond donors (Lipinski definition) is 2. The maximum atomic E-state index is 5.77. The Morgan fingerprint density at radius 1 is 1.15 bits per heavy atom. The van der Waals surface area contributed by atoms with Gasteiger partial charge in [-0.1, -0.05) is 0 Å². The highest BCUT2D eigenvalue weighted by molar-refractivity contribution is 5.78. The minimum atomic E-state index is 0.772. The number of likely N-dealkylation sites (N-methyl/N-ethyl adjacent to an activating group) is 1. The number of hydrogen-bond acceptors (Lipinski definition) is 4. The van der Waals surface area contributed by atoms with Gasteiger partial charge in [0.1, 0.15) is 5.82 Å². The molecule has 2 aromatic rings. The van der Waals surface area contributed by atoms with Crippen molar-refractivity contribution < 1.29 is 0 Å². The number of nitrogens with two attached hydrogens (primary N) is 1. The van der Waals surface area contributed by atoms with Crippen molar-refractivity contribution in [2.24, 2.45) is 0 Å². The molecule has 0 bridgehead atoms. The lowest BCUT2D eigenvalue weighted by Crippen LogP contribution is -2.25. The summed E-state index contributed by atoms with van der Waals surface area (Å²) in [5, 5.41) is 0. The third-order valence-electron chi connectivity index (χ3n) is 3.43. The molecule has 0 aliphatic heterocycles. The van der Waals surface area contributed by atoms with E-state index < -0.39 is 0 Å². The van der Waals surface area contributed by atoms with Crippen molar-refractivity contribution in [3.05, 3.63) is 24.0 Å². The van der Waals surface area contributed by atoms with E-state index in [1.165, 1.54) is 6.42 Å². The molecule has 0 saturated carbocycles. The highest BCUT2D eigenvalue weighted by atomic mass is 15.1. The van der Waals surface area contributed by atoms with Crippen LogP contribution in [0.1, 0.15) is 12.2 Å². The number of rotatable bonds is 7. The van der Waals surface area contributed by atoms with E-state index in [-0.39, 0.29) is 0 Å². The van der Waals surface area contributed by atoms with Crippen molar-refractivity contribution in [1.29, 1.82) is 0 Å². The smallest absolute Gasteiger partial charge is 0.108 e. The van der Waals surface area contributed by atoms with Gasteiger partial charge >= 0.3 is 0 Å². The molecule has 20 heavy (non-hydrogen) atoms. The predicted octanol–water partition coefficient (Wildman–Crippen LogP) is 1.57. The average Bonchev–Trinajstić information content (AvgIpc) is 2.77. The van der Waals surface area contributed by atoms with Crippen molar-refractivity contribution in [3.8, 4) is 0 Å². The van der Waals surface area contributed by atoms with Crippen LogP contribution in [-0.4, -0.2) is 60.5 Å². The average molecular weight is 275 g/mol. The summed E-state index contributed by atoms with van der Waals surface area (Å²) in [7, 11) is 6.39. The van der Waals surface area contributed by atoms with Gasteiger partial charge in [0.15, 0.2) is 0 Å². The summed E-state index contributed by atoms with van der Waals surface area (Å²) in [6.07, 6.45) is 2.13. The molecule has 0 saturated heterocycles. The van der Waals surface area contributed by atoms with Crippen LogP contribution in [0.2, 0.25) is 0 Å². The van der Waals surface area contributed by atoms with Crippen LogP contribution in [0, 0.1) is 0 Å². The topological polar surface area (TPSA) is 61.2 Å². The summed E-state index contributed by atoms with van der Waals surface area (Å²) < 4.78 is 0. The second-order valence-electron chi connectivity index (χ2n) is 5.67. The van der Waals surface area contributed by atoms with Gasteiger partial charge in [-0.3, -0.25) is 0 Å². The van der Waals surface area contributed by atoms with Gasteiger partial charge in [0.2, 0.25) is 0 Å². The number of aromatic nitrogens is 2. The zero-order valence-corrected chi connectivity index (χ0v) is 12.7. The Morgan fingerprint density at radius 3 is 2.70 bits per heavy atom. The van der Waals surface area contributed by atoms with E-state index in [4.69, 9.17) is 5.73 Å². The van der Waals surface area contributed by atoms with Crippen LogP contribution in [-0.2, 0) is 6.42 Å². The molecule has 1 heterocycles. The summed E-state index contributed by atoms with van der Waals surface area (Å²) in [6.45, 7) is 3.27. The SMILES string of the molecule is CN(C)CCCN(C)CCc1nc2ccc(N)cc2[nH]1. The van der Waals surface area contributed by atoms with E-state index in [1.54, 1.807) is 0 Å². The Balaban J connectivity index is 1.83. The first-order chi connectivity index (χ1) is 9.54. The molecule has 1 aromatic heterocycles. The van der Waals surface area contributed by atoms with Gasteiger partial charge in [0.05, 0.1) is 11.0 Å². The Bertz CT molecular complexity index is 546. The number of aromatic amines is 1. The number of fused-ring (bicyclic) bond motifs is 1. The summed E-state index contributed by atoms with van der Waals surface area (Å²) in [5.41, 5.74) is 8.56. The van der Waals surface area contributed by atoms with Gasteiger partial charge in [-0.2, -0.15) is 0 Å². The van der Waals surface area contributed by atoms with E-state index in [9.17, 15) is 0 Å². The molecular formula is C15H25N5. The van der Waals surface area contributed by atoms with Gasteiger partial charge in [-0.15, -0.1) is 0 Å². The van der Waals surface area contributed by atoms with Gasteiger partial charge in [-0.25, -0.2) is 4.98 Å². The number of anilines is 1. The first kappa shape index (κ1) is 14.8. The summed E-state index contributed by atoms with van der Waals surface area (Å²) in [6, 6.07) is 5.79. The first-order valence-electron chi connectivity index (χ1n) is 7.12. The Morgan fingerprint density at radius 2 is 1.95 bits per heavy atom. The summed E-state index contributed by atoms with van der Waals surface area (Å²) in [4.78, 5) is 12.5. The van der Waals surface area contributed by atoms with Crippen LogP contribution < -0.4 is 5.73 Å². The number of nitrogens with zero attached hydrogens (tertiary/aromatic N) is 3. The van der Waals surface area contributed by atoms with E-state index in [1.807, 2.05) is 18.2 Å². The first-order valence-corrected chi connectivity index (χ1v) is 7.12. The molecule has 0 radical (unpaired) electrons. The standard InChI is InChI=1S/C15H25N5/c1-19(2)8-4-9-20(3)10-7-15-17-13-6-5-12(16)11-14(13)18-15/h5-6,11H,4,7-10,16H2,1-3H3,(H,17,18). The summed E-state index contributed by atoms with van der Waals surface area (Å²) >= 11 is 0. The van der Waals surface area contributed by atoms with Crippen LogP contribution in [0.25, 0.3) is 11.0 Å². The Labute approximate surface area is 120 Å². The fourth-order valence-electron chi connectivity index (χ4n) is 2.26. The van der Waals surface area contributed by atoms with E-state index in [0.29, 0.717) is 0 Å². The van der Waals surface area contributed by atoms with Crippen molar-refractivity contribution >= 4 is 16.7 Å². The van der Waals surface area contributed by atoms with Gasteiger partial charge in [0.25, 0.3) is 0 Å². The lowest BCUT2D eigenvalue weighted by atomic mass is 10.3. The molecule has 0 amide bonds. The molecule has 5 heteroatoms. The van der Waals surface area contributed by atoms with Crippen molar-refractivity contribution in [3.63, 3.8) is 0 Å². The van der Waals surface area contributed by atoms with Gasteiger partial charge < -0.3 is 20.5 Å². The normalized spacial score (nSPS) is 11.8. The number of H-pyrrole nitrogens is 1. The molecule has 0 spiro atoms. The monoisotopic (exact) mass is 275 g/mol. The maximum Gasteiger partial charge on any atom is 0.108 e. The van der Waals surface area contributed by atoms with Crippen LogP contribution in [0.4, 0.5) is 5.69 Å². The zero-order valence-electron chi connectivity index (χ0n) is 12.7. The van der Waals surface area contributed by atoms with Crippen LogP contribution >= 0.6 is 0 Å².